The molecular weight excluding hydrogens is 376 g/mol. The molecule has 0 amide bonds. The lowest BCUT2D eigenvalue weighted by atomic mass is 10.1. The molecule has 1 aromatic heterocycles. The van der Waals surface area contributed by atoms with Gasteiger partial charge in [0.05, 0.1) is 16.6 Å². The Labute approximate surface area is 130 Å². The summed E-state index contributed by atoms with van der Waals surface area (Å²) in [5.74, 6) is 0.890. The second kappa shape index (κ2) is 7.22. The zero-order chi connectivity index (χ0) is 13.8. The maximum absolute atomic E-state index is 5.94. The van der Waals surface area contributed by atoms with Gasteiger partial charge in [-0.05, 0) is 57.3 Å². The summed E-state index contributed by atoms with van der Waals surface area (Å²) >= 11 is 6.82. The van der Waals surface area contributed by atoms with Crippen molar-refractivity contribution in [1.82, 2.24) is 4.90 Å². The molecule has 2 rings (SSSR count). The molecule has 2 unspecified atom stereocenters. The predicted molar refractivity (Wildman–Crippen MR) is 82.1 cm³/mol. The number of hydrogen-bond donors (Lipinski definition) is 1. The Hall–Kier alpha value is 0.120. The van der Waals surface area contributed by atoms with E-state index in [0.717, 1.165) is 42.8 Å². The summed E-state index contributed by atoms with van der Waals surface area (Å²) < 4.78 is 13.1. The minimum Gasteiger partial charge on any atom is -0.451 e. The molecule has 108 valence electrons. The first-order chi connectivity index (χ1) is 9.15. The van der Waals surface area contributed by atoms with Gasteiger partial charge in [-0.1, -0.05) is 6.92 Å². The average Bonchev–Trinajstić information content (AvgIpc) is 3.00. The maximum atomic E-state index is 5.94. The predicted octanol–water partition coefficient (Wildman–Crippen LogP) is 3.31. The smallest absolute Gasteiger partial charge is 0.183 e. The highest BCUT2D eigenvalue weighted by molar-refractivity contribution is 9.13. The Morgan fingerprint density at radius 2 is 2.32 bits per heavy atom. The van der Waals surface area contributed by atoms with Gasteiger partial charge < -0.3 is 14.9 Å². The fraction of sp³-hybridized carbons (Fsp3) is 0.692. The van der Waals surface area contributed by atoms with E-state index in [9.17, 15) is 0 Å². The Morgan fingerprint density at radius 1 is 1.53 bits per heavy atom. The molecule has 2 N–H and O–H groups in total. The molecule has 1 aromatic rings. The van der Waals surface area contributed by atoms with E-state index in [-0.39, 0.29) is 6.04 Å². The summed E-state index contributed by atoms with van der Waals surface area (Å²) in [5.41, 5.74) is 5.94. The zero-order valence-electron chi connectivity index (χ0n) is 11.1. The molecule has 1 saturated heterocycles. The number of nitrogens with two attached hydrogens (primary N) is 1. The van der Waals surface area contributed by atoms with Crippen molar-refractivity contribution in [3.05, 3.63) is 21.0 Å². The van der Waals surface area contributed by atoms with Gasteiger partial charge in [0.15, 0.2) is 4.67 Å². The SMILES string of the molecule is CCN(CC1CCCO1)C(CN)c1cc(Br)c(Br)o1. The molecule has 0 aliphatic carbocycles. The molecule has 1 fully saturated rings. The van der Waals surface area contributed by atoms with Crippen LogP contribution in [0.15, 0.2) is 19.6 Å². The van der Waals surface area contributed by atoms with Crippen LogP contribution in [-0.4, -0.2) is 37.2 Å². The second-order valence-electron chi connectivity index (χ2n) is 4.74. The summed E-state index contributed by atoms with van der Waals surface area (Å²) in [4.78, 5) is 2.33. The third-order valence-corrected chi connectivity index (χ3v) is 5.24. The van der Waals surface area contributed by atoms with Gasteiger partial charge in [0.2, 0.25) is 0 Å². The first-order valence-corrected chi connectivity index (χ1v) is 8.24. The van der Waals surface area contributed by atoms with Crippen LogP contribution in [0.5, 0.6) is 0 Å². The minimum atomic E-state index is 0.0943. The molecule has 1 aliphatic rings. The van der Waals surface area contributed by atoms with E-state index in [0.29, 0.717) is 17.3 Å². The van der Waals surface area contributed by atoms with Crippen molar-refractivity contribution in [2.75, 3.05) is 26.2 Å². The summed E-state index contributed by atoms with van der Waals surface area (Å²) in [5, 5.41) is 0. The summed E-state index contributed by atoms with van der Waals surface area (Å²) in [6.07, 6.45) is 2.63. The van der Waals surface area contributed by atoms with Gasteiger partial charge in [0.1, 0.15) is 5.76 Å². The summed E-state index contributed by atoms with van der Waals surface area (Å²) in [7, 11) is 0. The molecule has 4 nitrogen and oxygen atoms in total. The van der Waals surface area contributed by atoms with Gasteiger partial charge in [-0.15, -0.1) is 0 Å². The Bertz CT molecular complexity index is 386. The fourth-order valence-corrected chi connectivity index (χ4v) is 3.11. The highest BCUT2D eigenvalue weighted by Gasteiger charge is 2.26. The highest BCUT2D eigenvalue weighted by Crippen LogP contribution is 2.32. The average molecular weight is 396 g/mol. The van der Waals surface area contributed by atoms with Crippen LogP contribution in [0.3, 0.4) is 0 Å². The number of halogens is 2. The van der Waals surface area contributed by atoms with Crippen LogP contribution in [0.2, 0.25) is 0 Å². The van der Waals surface area contributed by atoms with Crippen molar-refractivity contribution in [1.29, 1.82) is 0 Å². The molecule has 0 spiro atoms. The van der Waals surface area contributed by atoms with Crippen LogP contribution in [0, 0.1) is 0 Å². The van der Waals surface area contributed by atoms with Crippen LogP contribution < -0.4 is 5.73 Å². The standard InChI is InChI=1S/C13H20Br2N2O2/c1-2-17(8-9-4-3-5-18-9)11(7-16)12-6-10(14)13(15)19-12/h6,9,11H,2-5,7-8,16H2,1H3. The van der Waals surface area contributed by atoms with E-state index in [4.69, 9.17) is 14.9 Å². The summed E-state index contributed by atoms with van der Waals surface area (Å²) in [6, 6.07) is 2.08. The Kier molecular flexibility index (Phi) is 5.89. The van der Waals surface area contributed by atoms with E-state index in [1.807, 2.05) is 6.07 Å². The second-order valence-corrected chi connectivity index (χ2v) is 6.32. The van der Waals surface area contributed by atoms with E-state index >= 15 is 0 Å². The number of ether oxygens (including phenoxy) is 1. The molecular formula is C13H20Br2N2O2. The van der Waals surface area contributed by atoms with Crippen molar-refractivity contribution in [3.8, 4) is 0 Å². The van der Waals surface area contributed by atoms with Crippen molar-refractivity contribution < 1.29 is 9.15 Å². The van der Waals surface area contributed by atoms with E-state index in [1.54, 1.807) is 0 Å². The van der Waals surface area contributed by atoms with Gasteiger partial charge in [-0.2, -0.15) is 0 Å². The number of hydrogen-bond acceptors (Lipinski definition) is 4. The van der Waals surface area contributed by atoms with Crippen LogP contribution >= 0.6 is 31.9 Å². The van der Waals surface area contributed by atoms with Gasteiger partial charge in [0.25, 0.3) is 0 Å². The van der Waals surface area contributed by atoms with Crippen LogP contribution in [-0.2, 0) is 4.74 Å². The topological polar surface area (TPSA) is 51.6 Å². The van der Waals surface area contributed by atoms with Crippen molar-refractivity contribution in [3.63, 3.8) is 0 Å². The van der Waals surface area contributed by atoms with Crippen molar-refractivity contribution >= 4 is 31.9 Å². The van der Waals surface area contributed by atoms with Crippen LogP contribution in [0.25, 0.3) is 0 Å². The number of rotatable bonds is 6. The normalized spacial score (nSPS) is 21.2. The third kappa shape index (κ3) is 3.82. The van der Waals surface area contributed by atoms with E-state index < -0.39 is 0 Å². The first kappa shape index (κ1) is 15.5. The Morgan fingerprint density at radius 3 is 2.79 bits per heavy atom. The molecule has 0 radical (unpaired) electrons. The number of nitrogens with zero attached hydrogens (tertiary/aromatic N) is 1. The maximum Gasteiger partial charge on any atom is 0.183 e. The monoisotopic (exact) mass is 394 g/mol. The molecule has 2 atom stereocenters. The van der Waals surface area contributed by atoms with Crippen LogP contribution in [0.1, 0.15) is 31.6 Å². The van der Waals surface area contributed by atoms with Crippen molar-refractivity contribution in [2.24, 2.45) is 5.73 Å². The quantitative estimate of drug-likeness (QED) is 0.802. The van der Waals surface area contributed by atoms with Gasteiger partial charge >= 0.3 is 0 Å². The first-order valence-electron chi connectivity index (χ1n) is 6.66. The van der Waals surface area contributed by atoms with Gasteiger partial charge in [0, 0.05) is 19.7 Å². The molecule has 0 aromatic carbocycles. The van der Waals surface area contributed by atoms with E-state index in [2.05, 4.69) is 43.7 Å². The molecule has 6 heteroatoms. The lowest BCUT2D eigenvalue weighted by Gasteiger charge is -2.30. The number of furan rings is 1. The zero-order valence-corrected chi connectivity index (χ0v) is 14.2. The lowest BCUT2D eigenvalue weighted by Crippen LogP contribution is -2.38. The molecule has 0 saturated carbocycles. The molecule has 2 heterocycles. The third-order valence-electron chi connectivity index (χ3n) is 3.52. The largest absolute Gasteiger partial charge is 0.451 e. The molecule has 19 heavy (non-hydrogen) atoms. The number of likely N-dealkylation sites (N-methyl/N-ethyl adjacent to an activating group) is 1. The summed E-state index contributed by atoms with van der Waals surface area (Å²) in [6.45, 7) is 5.40. The van der Waals surface area contributed by atoms with Crippen molar-refractivity contribution in [2.45, 2.75) is 31.9 Å². The van der Waals surface area contributed by atoms with Gasteiger partial charge in [-0.3, -0.25) is 4.90 Å². The molecule has 0 bridgehead atoms. The fourth-order valence-electron chi connectivity index (χ4n) is 2.50. The highest BCUT2D eigenvalue weighted by atomic mass is 79.9. The van der Waals surface area contributed by atoms with E-state index in [1.165, 1.54) is 0 Å². The molecule has 1 aliphatic heterocycles. The Balaban J connectivity index is 2.08. The minimum absolute atomic E-state index is 0.0943. The lowest BCUT2D eigenvalue weighted by molar-refractivity contribution is 0.0560. The van der Waals surface area contributed by atoms with Crippen LogP contribution in [0.4, 0.5) is 0 Å². The van der Waals surface area contributed by atoms with Gasteiger partial charge in [-0.25, -0.2) is 0 Å².